The summed E-state index contributed by atoms with van der Waals surface area (Å²) in [6.07, 6.45) is 2.14. The molecule has 0 saturated heterocycles. The van der Waals surface area contributed by atoms with E-state index in [4.69, 9.17) is 14.2 Å². The van der Waals surface area contributed by atoms with Gasteiger partial charge in [-0.2, -0.15) is 0 Å². The lowest BCUT2D eigenvalue weighted by molar-refractivity contribution is -0.117. The summed E-state index contributed by atoms with van der Waals surface area (Å²) in [6, 6.07) is 5.61. The second-order valence-corrected chi connectivity index (χ2v) is 8.17. The number of esters is 1. The number of ether oxygens (including phenoxy) is 3. The van der Waals surface area contributed by atoms with Crippen molar-refractivity contribution in [2.75, 3.05) is 39.7 Å². The fourth-order valence-electron chi connectivity index (χ4n) is 3.31. The van der Waals surface area contributed by atoms with Gasteiger partial charge in [0.25, 0.3) is 0 Å². The SMILES string of the molecule is CCOC(=O)c1c(C2CC2)csc1NC(=O)CN(C)Cc1ccc(OC)cc1OC. The van der Waals surface area contributed by atoms with Gasteiger partial charge in [-0.3, -0.25) is 9.69 Å². The summed E-state index contributed by atoms with van der Waals surface area (Å²) in [5, 5.41) is 5.43. The Morgan fingerprint density at radius 3 is 2.63 bits per heavy atom. The molecule has 8 heteroatoms. The van der Waals surface area contributed by atoms with Crippen LogP contribution in [-0.4, -0.2) is 51.2 Å². The summed E-state index contributed by atoms with van der Waals surface area (Å²) in [7, 11) is 5.07. The van der Waals surface area contributed by atoms with Crippen molar-refractivity contribution in [3.8, 4) is 11.5 Å². The largest absolute Gasteiger partial charge is 0.497 e. The van der Waals surface area contributed by atoms with Gasteiger partial charge in [0.1, 0.15) is 16.5 Å². The number of hydrogen-bond acceptors (Lipinski definition) is 7. The van der Waals surface area contributed by atoms with Gasteiger partial charge in [0.2, 0.25) is 5.91 Å². The van der Waals surface area contributed by atoms with Crippen molar-refractivity contribution in [2.24, 2.45) is 0 Å². The molecule has 1 N–H and O–H groups in total. The molecule has 0 unspecified atom stereocenters. The number of amides is 1. The Balaban J connectivity index is 1.65. The highest BCUT2D eigenvalue weighted by Crippen LogP contribution is 2.46. The van der Waals surface area contributed by atoms with Crippen molar-refractivity contribution in [2.45, 2.75) is 32.2 Å². The molecule has 1 aromatic carbocycles. The van der Waals surface area contributed by atoms with E-state index >= 15 is 0 Å². The molecule has 7 nitrogen and oxygen atoms in total. The van der Waals surface area contributed by atoms with E-state index < -0.39 is 0 Å². The van der Waals surface area contributed by atoms with Crippen molar-refractivity contribution in [3.63, 3.8) is 0 Å². The molecule has 1 aliphatic rings. The molecule has 0 spiro atoms. The molecule has 1 aliphatic carbocycles. The average molecular weight is 433 g/mol. The van der Waals surface area contributed by atoms with Gasteiger partial charge in [0.15, 0.2) is 0 Å². The van der Waals surface area contributed by atoms with Crippen LogP contribution in [0, 0.1) is 0 Å². The third-order valence-electron chi connectivity index (χ3n) is 4.92. The molecule has 1 aromatic heterocycles. The predicted molar refractivity (Wildman–Crippen MR) is 117 cm³/mol. The van der Waals surface area contributed by atoms with Gasteiger partial charge in [-0.05, 0) is 49.7 Å². The van der Waals surface area contributed by atoms with Gasteiger partial charge in [-0.15, -0.1) is 11.3 Å². The first kappa shape index (κ1) is 22.1. The Morgan fingerprint density at radius 2 is 2.00 bits per heavy atom. The average Bonchev–Trinajstić information content (AvgIpc) is 3.48. The van der Waals surface area contributed by atoms with Crippen LogP contribution in [0.25, 0.3) is 0 Å². The number of carbonyl (C=O) groups excluding carboxylic acids is 2. The third-order valence-corrected chi connectivity index (χ3v) is 5.83. The quantitative estimate of drug-likeness (QED) is 0.574. The number of hydrogen-bond donors (Lipinski definition) is 1. The maximum absolute atomic E-state index is 12.6. The topological polar surface area (TPSA) is 77.1 Å². The number of nitrogens with zero attached hydrogens (tertiary/aromatic N) is 1. The lowest BCUT2D eigenvalue weighted by Crippen LogP contribution is -2.30. The number of rotatable bonds is 10. The van der Waals surface area contributed by atoms with E-state index in [1.807, 2.05) is 35.5 Å². The van der Waals surface area contributed by atoms with Crippen LogP contribution in [0.3, 0.4) is 0 Å². The molecule has 1 saturated carbocycles. The first-order chi connectivity index (χ1) is 14.5. The maximum Gasteiger partial charge on any atom is 0.341 e. The highest BCUT2D eigenvalue weighted by atomic mass is 32.1. The molecule has 0 radical (unpaired) electrons. The number of thiophene rings is 1. The van der Waals surface area contributed by atoms with Crippen LogP contribution in [0.1, 0.15) is 47.2 Å². The van der Waals surface area contributed by atoms with Gasteiger partial charge in [0, 0.05) is 18.2 Å². The summed E-state index contributed by atoms with van der Waals surface area (Å²) < 4.78 is 15.9. The molecule has 3 rings (SSSR count). The number of carbonyl (C=O) groups is 2. The summed E-state index contributed by atoms with van der Waals surface area (Å²) in [6.45, 7) is 2.79. The lowest BCUT2D eigenvalue weighted by atomic mass is 10.1. The second-order valence-electron chi connectivity index (χ2n) is 7.29. The van der Waals surface area contributed by atoms with E-state index in [0.29, 0.717) is 41.1 Å². The number of nitrogens with one attached hydrogen (secondary N) is 1. The van der Waals surface area contributed by atoms with E-state index in [-0.39, 0.29) is 18.4 Å². The van der Waals surface area contributed by atoms with E-state index in [0.717, 1.165) is 24.0 Å². The zero-order chi connectivity index (χ0) is 21.7. The summed E-state index contributed by atoms with van der Waals surface area (Å²) in [4.78, 5) is 27.0. The molecule has 30 heavy (non-hydrogen) atoms. The minimum atomic E-state index is -0.368. The lowest BCUT2D eigenvalue weighted by Gasteiger charge is -2.18. The van der Waals surface area contributed by atoms with Crippen molar-refractivity contribution >= 4 is 28.2 Å². The van der Waals surface area contributed by atoms with Crippen molar-refractivity contribution in [3.05, 3.63) is 40.3 Å². The van der Waals surface area contributed by atoms with E-state index in [1.54, 1.807) is 21.1 Å². The Kier molecular flexibility index (Phi) is 7.33. The third kappa shape index (κ3) is 5.31. The predicted octanol–water partition coefficient (Wildman–Crippen LogP) is 3.89. The van der Waals surface area contributed by atoms with Gasteiger partial charge in [-0.1, -0.05) is 6.07 Å². The second kappa shape index (κ2) is 9.95. The zero-order valence-electron chi connectivity index (χ0n) is 17.8. The Morgan fingerprint density at radius 1 is 1.23 bits per heavy atom. The van der Waals surface area contributed by atoms with E-state index in [2.05, 4.69) is 5.32 Å². The Hall–Kier alpha value is -2.58. The van der Waals surface area contributed by atoms with Crippen molar-refractivity contribution in [1.82, 2.24) is 4.90 Å². The number of methoxy groups -OCH3 is 2. The van der Waals surface area contributed by atoms with Crippen LogP contribution >= 0.6 is 11.3 Å². The number of benzene rings is 1. The highest BCUT2D eigenvalue weighted by Gasteiger charge is 2.32. The fraction of sp³-hybridized carbons (Fsp3) is 0.455. The Bertz CT molecular complexity index is 907. The molecule has 0 atom stereocenters. The van der Waals surface area contributed by atoms with Crippen LogP contribution < -0.4 is 14.8 Å². The van der Waals surface area contributed by atoms with Crippen LogP contribution in [-0.2, 0) is 16.1 Å². The monoisotopic (exact) mass is 432 g/mol. The summed E-state index contributed by atoms with van der Waals surface area (Å²) in [5.41, 5.74) is 2.45. The molecule has 2 aromatic rings. The number of likely N-dealkylation sites (N-methyl/N-ethyl adjacent to an activating group) is 1. The van der Waals surface area contributed by atoms with Gasteiger partial charge in [-0.25, -0.2) is 4.79 Å². The molecular formula is C22H28N2O5S. The van der Waals surface area contributed by atoms with Crippen LogP contribution in [0.5, 0.6) is 11.5 Å². The van der Waals surface area contributed by atoms with E-state index in [9.17, 15) is 9.59 Å². The zero-order valence-corrected chi connectivity index (χ0v) is 18.6. The van der Waals surface area contributed by atoms with Crippen LogP contribution in [0.4, 0.5) is 5.00 Å². The first-order valence-electron chi connectivity index (χ1n) is 9.94. The molecular weight excluding hydrogens is 404 g/mol. The first-order valence-corrected chi connectivity index (χ1v) is 10.8. The van der Waals surface area contributed by atoms with Gasteiger partial charge in [0.05, 0.1) is 32.9 Å². The minimum Gasteiger partial charge on any atom is -0.497 e. The standard InChI is InChI=1S/C22H28N2O5S/c1-5-29-22(26)20-17(14-6-7-14)13-30-21(20)23-19(25)12-24(2)11-15-8-9-16(27-3)10-18(15)28-4/h8-10,13-14H,5-7,11-12H2,1-4H3,(H,23,25). The van der Waals surface area contributed by atoms with Crippen LogP contribution in [0.2, 0.25) is 0 Å². The van der Waals surface area contributed by atoms with Crippen LogP contribution in [0.15, 0.2) is 23.6 Å². The Labute approximate surface area is 180 Å². The van der Waals surface area contributed by atoms with Gasteiger partial charge >= 0.3 is 5.97 Å². The fourth-order valence-corrected chi connectivity index (χ4v) is 4.36. The maximum atomic E-state index is 12.6. The molecule has 0 aliphatic heterocycles. The minimum absolute atomic E-state index is 0.175. The molecule has 1 amide bonds. The normalized spacial score (nSPS) is 13.2. The summed E-state index contributed by atoms with van der Waals surface area (Å²) >= 11 is 1.38. The molecule has 162 valence electrons. The highest BCUT2D eigenvalue weighted by molar-refractivity contribution is 7.15. The molecule has 1 heterocycles. The number of anilines is 1. The molecule has 1 fully saturated rings. The van der Waals surface area contributed by atoms with Crippen molar-refractivity contribution in [1.29, 1.82) is 0 Å². The van der Waals surface area contributed by atoms with Gasteiger partial charge < -0.3 is 19.5 Å². The smallest absolute Gasteiger partial charge is 0.341 e. The van der Waals surface area contributed by atoms with Crippen molar-refractivity contribution < 1.29 is 23.8 Å². The van der Waals surface area contributed by atoms with E-state index in [1.165, 1.54) is 11.3 Å². The molecule has 0 bridgehead atoms. The summed E-state index contributed by atoms with van der Waals surface area (Å²) in [5.74, 6) is 1.27.